The largest absolute Gasteiger partial charge is 0.454 e. The molecule has 0 fully saturated rings. The number of aryl methyl sites for hydroxylation is 3. The number of hydrogen-bond donors (Lipinski definition) is 0. The van der Waals surface area contributed by atoms with Gasteiger partial charge in [-0.2, -0.15) is 0 Å². The normalized spacial score (nSPS) is 12.0. The van der Waals surface area contributed by atoms with E-state index >= 15 is 0 Å². The van der Waals surface area contributed by atoms with Crippen LogP contribution in [0.25, 0.3) is 76.2 Å². The Balaban J connectivity index is 1.26. The summed E-state index contributed by atoms with van der Waals surface area (Å²) in [6, 6.07) is 63.6. The summed E-state index contributed by atoms with van der Waals surface area (Å²) in [5, 5.41) is 11.6. The third-order valence-corrected chi connectivity index (χ3v) is 12.1. The summed E-state index contributed by atoms with van der Waals surface area (Å²) < 4.78 is 13.6. The lowest BCUT2D eigenvalue weighted by Crippen LogP contribution is -2.15. The van der Waals surface area contributed by atoms with E-state index in [4.69, 9.17) is 8.83 Å². The van der Waals surface area contributed by atoms with E-state index in [9.17, 15) is 0 Å². The van der Waals surface area contributed by atoms with Crippen molar-refractivity contribution < 1.29 is 8.83 Å². The molecule has 4 nitrogen and oxygen atoms in total. The topological polar surface area (TPSA) is 32.8 Å². The van der Waals surface area contributed by atoms with Gasteiger partial charge in [0.15, 0.2) is 11.2 Å². The zero-order valence-electron chi connectivity index (χ0n) is 33.0. The van der Waals surface area contributed by atoms with Gasteiger partial charge in [0.1, 0.15) is 11.2 Å². The van der Waals surface area contributed by atoms with Crippen LogP contribution in [-0.4, -0.2) is 0 Å². The second kappa shape index (κ2) is 12.7. The van der Waals surface area contributed by atoms with Crippen LogP contribution in [0.4, 0.5) is 34.1 Å². The molecule has 0 N–H and O–H groups in total. The van der Waals surface area contributed by atoms with E-state index in [1.54, 1.807) is 0 Å². The van der Waals surface area contributed by atoms with Crippen molar-refractivity contribution in [3.63, 3.8) is 0 Å². The van der Waals surface area contributed by atoms with Crippen LogP contribution >= 0.6 is 0 Å². The van der Waals surface area contributed by atoms with E-state index in [-0.39, 0.29) is 0 Å². The number of nitrogens with zero attached hydrogens (tertiary/aromatic N) is 2. The molecule has 4 heteroatoms. The fourth-order valence-corrected chi connectivity index (χ4v) is 9.57. The average molecular weight is 759 g/mol. The fourth-order valence-electron chi connectivity index (χ4n) is 9.57. The van der Waals surface area contributed by atoms with Crippen LogP contribution in [-0.2, 0) is 0 Å². The molecule has 0 spiro atoms. The third kappa shape index (κ3) is 5.09. The predicted molar refractivity (Wildman–Crippen MR) is 248 cm³/mol. The van der Waals surface area contributed by atoms with Crippen LogP contribution in [0, 0.1) is 20.8 Å². The molecule has 0 atom stereocenters. The second-order valence-electron chi connectivity index (χ2n) is 16.0. The number of hydrogen-bond acceptors (Lipinski definition) is 4. The minimum absolute atomic E-state index is 0.848. The van der Waals surface area contributed by atoms with Crippen LogP contribution in [0.1, 0.15) is 16.7 Å². The monoisotopic (exact) mass is 758 g/mol. The molecule has 2 heterocycles. The lowest BCUT2D eigenvalue weighted by Gasteiger charge is -2.32. The van der Waals surface area contributed by atoms with Gasteiger partial charge in [0.25, 0.3) is 0 Å². The van der Waals surface area contributed by atoms with Gasteiger partial charge in [0.2, 0.25) is 0 Å². The fraction of sp³-hybridized carbons (Fsp3) is 0.0545. The Morgan fingerprint density at radius 2 is 0.780 bits per heavy atom. The summed E-state index contributed by atoms with van der Waals surface area (Å²) in [4.78, 5) is 4.82. The first-order valence-electron chi connectivity index (χ1n) is 20.2. The standard InChI is InChI=1S/C55H38N2O2/c1-33-12-8-14-38(30-33)56(46-20-10-18-42-40-16-4-6-22-50(40)58-54(42)46)48-32-49(45-27-25-37-29-35(3)28-36-24-26-44(48)53(45)52(36)37)57(39-15-9-13-34(2)31-39)47-21-11-19-43-41-17-5-7-23-51(41)59-55(43)47/h4-32H,1-3H3. The van der Waals surface area contributed by atoms with Gasteiger partial charge < -0.3 is 18.6 Å². The summed E-state index contributed by atoms with van der Waals surface area (Å²) in [6.07, 6.45) is 0. The summed E-state index contributed by atoms with van der Waals surface area (Å²) in [7, 11) is 0. The maximum Gasteiger partial charge on any atom is 0.159 e. The van der Waals surface area contributed by atoms with E-state index in [0.29, 0.717) is 0 Å². The molecule has 59 heavy (non-hydrogen) atoms. The van der Waals surface area contributed by atoms with Gasteiger partial charge in [0.05, 0.1) is 22.7 Å². The SMILES string of the molecule is Cc1cccc(N(c2cc(N(c3cccc(C)c3)c3cccc4c3oc3ccccc34)c3ccc4cc(C)cc5ccc2c3c54)c2cccc3c2oc2ccccc23)c1. The molecule has 2 aromatic heterocycles. The molecule has 0 aliphatic rings. The Bertz CT molecular complexity index is 3400. The van der Waals surface area contributed by atoms with Crippen molar-refractivity contribution in [2.75, 3.05) is 9.80 Å². The number of fused-ring (bicyclic) bond motifs is 6. The van der Waals surface area contributed by atoms with Crippen molar-refractivity contribution in [2.45, 2.75) is 20.8 Å². The molecule has 0 aliphatic carbocycles. The number of rotatable bonds is 6. The zero-order valence-corrected chi connectivity index (χ0v) is 33.0. The molecular formula is C55H38N2O2. The first-order valence-corrected chi connectivity index (χ1v) is 20.2. The Morgan fingerprint density at radius 3 is 1.27 bits per heavy atom. The van der Waals surface area contributed by atoms with Crippen molar-refractivity contribution in [3.8, 4) is 0 Å². The van der Waals surface area contributed by atoms with Gasteiger partial charge in [-0.15, -0.1) is 0 Å². The number of benzene rings is 10. The van der Waals surface area contributed by atoms with Crippen LogP contribution in [0.5, 0.6) is 0 Å². The smallest absolute Gasteiger partial charge is 0.159 e. The first kappa shape index (κ1) is 33.6. The highest BCUT2D eigenvalue weighted by atomic mass is 16.3. The Labute approximate surface area is 341 Å². The molecule has 12 aromatic rings. The van der Waals surface area contributed by atoms with E-state index in [0.717, 1.165) is 88.8 Å². The summed E-state index contributed by atoms with van der Waals surface area (Å²) in [6.45, 7) is 6.51. The highest BCUT2D eigenvalue weighted by molar-refractivity contribution is 6.29. The Kier molecular flexibility index (Phi) is 7.24. The minimum Gasteiger partial charge on any atom is -0.454 e. The van der Waals surface area contributed by atoms with Crippen LogP contribution < -0.4 is 9.80 Å². The van der Waals surface area contributed by atoms with Gasteiger partial charge in [0, 0.05) is 49.1 Å². The molecule has 10 aromatic carbocycles. The molecule has 280 valence electrons. The minimum atomic E-state index is 0.848. The highest BCUT2D eigenvalue weighted by Gasteiger charge is 2.28. The van der Waals surface area contributed by atoms with Crippen molar-refractivity contribution >= 4 is 110 Å². The van der Waals surface area contributed by atoms with Gasteiger partial charge in [-0.3, -0.25) is 0 Å². The number of para-hydroxylation sites is 4. The third-order valence-electron chi connectivity index (χ3n) is 12.1. The maximum absolute atomic E-state index is 6.82. The first-order chi connectivity index (χ1) is 29.0. The average Bonchev–Trinajstić information content (AvgIpc) is 3.83. The predicted octanol–water partition coefficient (Wildman–Crippen LogP) is 16.2. The summed E-state index contributed by atoms with van der Waals surface area (Å²) >= 11 is 0. The summed E-state index contributed by atoms with van der Waals surface area (Å²) in [5.41, 5.74) is 13.2. The maximum atomic E-state index is 6.82. The van der Waals surface area contributed by atoms with Gasteiger partial charge in [-0.25, -0.2) is 0 Å². The lowest BCUT2D eigenvalue weighted by molar-refractivity contribution is 0.669. The van der Waals surface area contributed by atoms with E-state index in [2.05, 4.69) is 194 Å². The number of furan rings is 2. The molecular weight excluding hydrogens is 721 g/mol. The van der Waals surface area contributed by atoms with E-state index in [1.807, 2.05) is 12.1 Å². The molecule has 0 amide bonds. The van der Waals surface area contributed by atoms with Gasteiger partial charge in [-0.05, 0) is 108 Å². The Morgan fingerprint density at radius 1 is 0.322 bits per heavy atom. The van der Waals surface area contributed by atoms with Gasteiger partial charge in [-0.1, -0.05) is 121 Å². The zero-order chi connectivity index (χ0) is 39.4. The molecule has 0 bridgehead atoms. The molecule has 0 saturated carbocycles. The van der Waals surface area contributed by atoms with E-state index < -0.39 is 0 Å². The van der Waals surface area contributed by atoms with Crippen LogP contribution in [0.15, 0.2) is 185 Å². The number of anilines is 6. The molecule has 0 saturated heterocycles. The van der Waals surface area contributed by atoms with Crippen molar-refractivity contribution in [1.82, 2.24) is 0 Å². The molecule has 0 unspecified atom stereocenters. The van der Waals surface area contributed by atoms with Gasteiger partial charge >= 0.3 is 0 Å². The Hall–Kier alpha value is -7.56. The lowest BCUT2D eigenvalue weighted by atomic mass is 9.90. The van der Waals surface area contributed by atoms with Crippen molar-refractivity contribution in [2.24, 2.45) is 0 Å². The van der Waals surface area contributed by atoms with Crippen LogP contribution in [0.3, 0.4) is 0 Å². The second-order valence-corrected chi connectivity index (χ2v) is 16.0. The quantitative estimate of drug-likeness (QED) is 0.158. The summed E-state index contributed by atoms with van der Waals surface area (Å²) in [5.74, 6) is 0. The molecule has 0 radical (unpaired) electrons. The highest BCUT2D eigenvalue weighted by Crippen LogP contribution is 2.52. The van der Waals surface area contributed by atoms with Crippen molar-refractivity contribution in [1.29, 1.82) is 0 Å². The van der Waals surface area contributed by atoms with E-state index in [1.165, 1.54) is 38.2 Å². The van der Waals surface area contributed by atoms with Crippen LogP contribution in [0.2, 0.25) is 0 Å². The molecule has 0 aliphatic heterocycles. The molecule has 12 rings (SSSR count). The van der Waals surface area contributed by atoms with Crippen molar-refractivity contribution in [3.05, 3.63) is 193 Å².